The van der Waals surface area contributed by atoms with Gasteiger partial charge in [-0.3, -0.25) is 9.48 Å². The van der Waals surface area contributed by atoms with Gasteiger partial charge in [-0.05, 0) is 18.9 Å². The molecule has 0 bridgehead atoms. The number of urea groups is 1. The van der Waals surface area contributed by atoms with E-state index in [0.29, 0.717) is 25.8 Å². The predicted molar refractivity (Wildman–Crippen MR) is 76.9 cm³/mol. The molecule has 1 aliphatic rings. The number of nitrogens with zero attached hydrogens (tertiary/aromatic N) is 2. The molecule has 1 aromatic rings. The van der Waals surface area contributed by atoms with E-state index < -0.39 is 11.4 Å². The quantitative estimate of drug-likeness (QED) is 0.726. The Morgan fingerprint density at radius 1 is 1.38 bits per heavy atom. The van der Waals surface area contributed by atoms with Crippen LogP contribution >= 0.6 is 0 Å². The Hall–Kier alpha value is -2.05. The van der Waals surface area contributed by atoms with Crippen LogP contribution in [0.2, 0.25) is 0 Å². The zero-order chi connectivity index (χ0) is 15.3. The number of carbonyl (C=O) groups excluding carboxylic acids is 1. The van der Waals surface area contributed by atoms with Gasteiger partial charge in [0.2, 0.25) is 0 Å². The van der Waals surface area contributed by atoms with Crippen LogP contribution in [-0.4, -0.2) is 40.0 Å². The number of aromatic nitrogens is 2. The first-order chi connectivity index (χ1) is 10.0. The highest BCUT2D eigenvalue weighted by Crippen LogP contribution is 2.37. The molecule has 3 N–H and O–H groups in total. The van der Waals surface area contributed by atoms with E-state index >= 15 is 0 Å². The van der Waals surface area contributed by atoms with E-state index in [2.05, 4.69) is 15.7 Å². The summed E-state index contributed by atoms with van der Waals surface area (Å²) in [6, 6.07) is 1.58. The lowest BCUT2D eigenvalue weighted by Gasteiger charge is -2.23. The molecule has 1 heterocycles. The molecule has 0 radical (unpaired) electrons. The number of rotatable bonds is 6. The molecule has 116 valence electrons. The minimum atomic E-state index is -0.811. The first kappa shape index (κ1) is 15.3. The van der Waals surface area contributed by atoms with Crippen LogP contribution in [0.5, 0.6) is 0 Å². The molecule has 0 unspecified atom stereocenters. The highest BCUT2D eigenvalue weighted by molar-refractivity contribution is 5.78. The van der Waals surface area contributed by atoms with Gasteiger partial charge >= 0.3 is 12.0 Å². The second-order valence-electron chi connectivity index (χ2n) is 5.63. The van der Waals surface area contributed by atoms with Crippen molar-refractivity contribution < 1.29 is 14.7 Å². The molecular weight excluding hydrogens is 272 g/mol. The monoisotopic (exact) mass is 294 g/mol. The summed E-state index contributed by atoms with van der Waals surface area (Å²) in [7, 11) is 1.84. The van der Waals surface area contributed by atoms with Crippen molar-refractivity contribution >= 4 is 12.0 Å². The fourth-order valence-electron chi connectivity index (χ4n) is 2.73. The highest BCUT2D eigenvalue weighted by atomic mass is 16.4. The second kappa shape index (κ2) is 6.60. The van der Waals surface area contributed by atoms with E-state index in [1.165, 1.54) is 0 Å². The Balaban J connectivity index is 1.71. The van der Waals surface area contributed by atoms with Crippen LogP contribution in [0.15, 0.2) is 12.3 Å². The first-order valence-electron chi connectivity index (χ1n) is 7.25. The van der Waals surface area contributed by atoms with Crippen LogP contribution in [0.4, 0.5) is 4.79 Å². The molecular formula is C14H22N4O3. The summed E-state index contributed by atoms with van der Waals surface area (Å²) in [5.41, 5.74) is 0.133. The van der Waals surface area contributed by atoms with E-state index in [-0.39, 0.29) is 12.6 Å². The molecule has 2 amide bonds. The van der Waals surface area contributed by atoms with Crippen LogP contribution in [0, 0.1) is 5.41 Å². The SMILES string of the molecule is Cn1ccc(CCNC(=O)NCC2(C(=O)O)CCCC2)n1. The van der Waals surface area contributed by atoms with Gasteiger partial charge in [0.1, 0.15) is 0 Å². The number of aliphatic carboxylic acids is 1. The van der Waals surface area contributed by atoms with E-state index in [0.717, 1.165) is 18.5 Å². The van der Waals surface area contributed by atoms with Gasteiger partial charge in [0, 0.05) is 32.8 Å². The normalized spacial score (nSPS) is 16.6. The van der Waals surface area contributed by atoms with Crippen molar-refractivity contribution in [3.05, 3.63) is 18.0 Å². The van der Waals surface area contributed by atoms with E-state index in [1.807, 2.05) is 19.3 Å². The molecule has 7 heteroatoms. The van der Waals surface area contributed by atoms with Crippen molar-refractivity contribution in [1.82, 2.24) is 20.4 Å². The van der Waals surface area contributed by atoms with Gasteiger partial charge in [0.15, 0.2) is 0 Å². The summed E-state index contributed by atoms with van der Waals surface area (Å²) in [5.74, 6) is -0.811. The van der Waals surface area contributed by atoms with E-state index in [1.54, 1.807) is 4.68 Å². The molecule has 0 saturated heterocycles. The minimum Gasteiger partial charge on any atom is -0.481 e. The molecule has 1 aromatic heterocycles. The summed E-state index contributed by atoms with van der Waals surface area (Å²) < 4.78 is 1.71. The van der Waals surface area contributed by atoms with Crippen LogP contribution in [-0.2, 0) is 18.3 Å². The Labute approximate surface area is 123 Å². The third kappa shape index (κ3) is 3.96. The van der Waals surface area contributed by atoms with Crippen molar-refractivity contribution in [1.29, 1.82) is 0 Å². The average molecular weight is 294 g/mol. The lowest BCUT2D eigenvalue weighted by molar-refractivity contribution is -0.148. The topological polar surface area (TPSA) is 96.2 Å². The Kier molecular flexibility index (Phi) is 4.82. The summed E-state index contributed by atoms with van der Waals surface area (Å²) in [6.45, 7) is 0.667. The summed E-state index contributed by atoms with van der Waals surface area (Å²) in [5, 5.41) is 18.9. The van der Waals surface area contributed by atoms with E-state index in [9.17, 15) is 14.7 Å². The van der Waals surface area contributed by atoms with Crippen molar-refractivity contribution in [2.24, 2.45) is 12.5 Å². The molecule has 0 aromatic carbocycles. The number of carboxylic acids is 1. The van der Waals surface area contributed by atoms with Crippen LogP contribution < -0.4 is 10.6 Å². The van der Waals surface area contributed by atoms with Crippen LogP contribution in [0.3, 0.4) is 0 Å². The van der Waals surface area contributed by atoms with Crippen molar-refractivity contribution in [2.75, 3.05) is 13.1 Å². The molecule has 0 spiro atoms. The number of aryl methyl sites for hydroxylation is 1. The third-order valence-electron chi connectivity index (χ3n) is 4.04. The second-order valence-corrected chi connectivity index (χ2v) is 5.63. The van der Waals surface area contributed by atoms with Crippen molar-refractivity contribution in [3.63, 3.8) is 0 Å². The summed E-state index contributed by atoms with van der Waals surface area (Å²) >= 11 is 0. The third-order valence-corrected chi connectivity index (χ3v) is 4.04. The fraction of sp³-hybridized carbons (Fsp3) is 0.643. The summed E-state index contributed by atoms with van der Waals surface area (Å²) in [4.78, 5) is 23.1. The molecule has 0 atom stereocenters. The fourth-order valence-corrected chi connectivity index (χ4v) is 2.73. The standard InChI is InChI=1S/C14H22N4O3/c1-18-9-5-11(17-18)4-8-15-13(21)16-10-14(12(19)20)6-2-3-7-14/h5,9H,2-4,6-8,10H2,1H3,(H,19,20)(H2,15,16,21). The number of carbonyl (C=O) groups is 2. The molecule has 1 saturated carbocycles. The van der Waals surface area contributed by atoms with Crippen molar-refractivity contribution in [3.8, 4) is 0 Å². The van der Waals surface area contributed by atoms with Gasteiger partial charge in [-0.15, -0.1) is 0 Å². The van der Waals surface area contributed by atoms with Crippen molar-refractivity contribution in [2.45, 2.75) is 32.1 Å². The maximum absolute atomic E-state index is 11.7. The average Bonchev–Trinajstić information content (AvgIpc) is 3.06. The van der Waals surface area contributed by atoms with Gasteiger partial charge < -0.3 is 15.7 Å². The van der Waals surface area contributed by atoms with Crippen LogP contribution in [0.25, 0.3) is 0 Å². The maximum Gasteiger partial charge on any atom is 0.314 e. The Morgan fingerprint density at radius 2 is 2.10 bits per heavy atom. The minimum absolute atomic E-state index is 0.192. The molecule has 21 heavy (non-hydrogen) atoms. The van der Waals surface area contributed by atoms with Gasteiger partial charge in [-0.25, -0.2) is 4.79 Å². The summed E-state index contributed by atoms with van der Waals surface area (Å²) in [6.07, 6.45) is 5.60. The first-order valence-corrected chi connectivity index (χ1v) is 7.25. The van der Waals surface area contributed by atoms with Gasteiger partial charge in [-0.1, -0.05) is 12.8 Å². The molecule has 7 nitrogen and oxygen atoms in total. The van der Waals surface area contributed by atoms with E-state index in [4.69, 9.17) is 0 Å². The maximum atomic E-state index is 11.7. The lowest BCUT2D eigenvalue weighted by atomic mass is 9.86. The Morgan fingerprint density at radius 3 is 2.67 bits per heavy atom. The zero-order valence-electron chi connectivity index (χ0n) is 12.3. The molecule has 1 aliphatic carbocycles. The molecule has 1 fully saturated rings. The van der Waals surface area contributed by atoms with Gasteiger partial charge in [0.05, 0.1) is 11.1 Å². The van der Waals surface area contributed by atoms with Gasteiger partial charge in [0.25, 0.3) is 0 Å². The number of nitrogens with one attached hydrogen (secondary N) is 2. The number of amides is 2. The highest BCUT2D eigenvalue weighted by Gasteiger charge is 2.41. The lowest BCUT2D eigenvalue weighted by Crippen LogP contribution is -2.45. The molecule has 0 aliphatic heterocycles. The number of carboxylic acid groups (broad SMARTS) is 1. The predicted octanol–water partition coefficient (Wildman–Crippen LogP) is 0.907. The zero-order valence-corrected chi connectivity index (χ0v) is 12.3. The van der Waals surface area contributed by atoms with Crippen LogP contribution in [0.1, 0.15) is 31.4 Å². The number of hydrogen-bond acceptors (Lipinski definition) is 3. The Bertz CT molecular complexity index is 506. The van der Waals surface area contributed by atoms with Gasteiger partial charge in [-0.2, -0.15) is 5.10 Å². The molecule has 2 rings (SSSR count). The smallest absolute Gasteiger partial charge is 0.314 e. The largest absolute Gasteiger partial charge is 0.481 e. The number of hydrogen-bond donors (Lipinski definition) is 3.